The zero-order valence-electron chi connectivity index (χ0n) is 21.1. The molecule has 35 heavy (non-hydrogen) atoms. The lowest BCUT2D eigenvalue weighted by molar-refractivity contribution is 0.872. The molecule has 174 valence electrons. The van der Waals surface area contributed by atoms with E-state index in [0.717, 1.165) is 17.2 Å². The second-order valence-corrected chi connectivity index (χ2v) is 9.31. The number of aryl methyl sites for hydroxylation is 5. The molecule has 0 saturated carbocycles. The SMILES string of the molecule is Cc1cccc(C(=Cc2ccccc2)c2cc(-n3c(C)ccc3C)nc(-n3c(C)ccc3C)c2)c1. The van der Waals surface area contributed by atoms with Crippen molar-refractivity contribution in [2.75, 3.05) is 0 Å². The molecule has 2 aromatic carbocycles. The van der Waals surface area contributed by atoms with Crippen molar-refractivity contribution in [3.05, 3.63) is 136 Å². The molecule has 0 aliphatic rings. The van der Waals surface area contributed by atoms with E-state index in [1.54, 1.807) is 0 Å². The minimum absolute atomic E-state index is 0.927. The highest BCUT2D eigenvalue weighted by molar-refractivity contribution is 5.92. The smallest absolute Gasteiger partial charge is 0.140 e. The Balaban J connectivity index is 1.81. The average Bonchev–Trinajstić information content (AvgIpc) is 3.37. The molecule has 0 bridgehead atoms. The van der Waals surface area contributed by atoms with Crippen LogP contribution in [-0.4, -0.2) is 14.1 Å². The maximum Gasteiger partial charge on any atom is 0.140 e. The van der Waals surface area contributed by atoms with E-state index in [4.69, 9.17) is 4.98 Å². The Bertz CT molecular complexity index is 1430. The molecule has 0 amide bonds. The Hall–Kier alpha value is -4.11. The highest BCUT2D eigenvalue weighted by Crippen LogP contribution is 2.31. The Morgan fingerprint density at radius 3 is 1.63 bits per heavy atom. The molecule has 3 aromatic heterocycles. The quantitative estimate of drug-likeness (QED) is 0.247. The van der Waals surface area contributed by atoms with E-state index in [-0.39, 0.29) is 0 Å². The number of rotatable bonds is 5. The maximum absolute atomic E-state index is 5.16. The van der Waals surface area contributed by atoms with Crippen LogP contribution in [-0.2, 0) is 0 Å². The number of hydrogen-bond acceptors (Lipinski definition) is 1. The number of aromatic nitrogens is 3. The zero-order valence-corrected chi connectivity index (χ0v) is 21.1. The third kappa shape index (κ3) is 4.50. The second-order valence-electron chi connectivity index (χ2n) is 9.31. The van der Waals surface area contributed by atoms with Crippen molar-refractivity contribution in [2.24, 2.45) is 0 Å². The topological polar surface area (TPSA) is 22.8 Å². The van der Waals surface area contributed by atoms with Gasteiger partial charge in [-0.25, -0.2) is 4.98 Å². The van der Waals surface area contributed by atoms with E-state index in [2.05, 4.69) is 141 Å². The molecule has 3 nitrogen and oxygen atoms in total. The summed E-state index contributed by atoms with van der Waals surface area (Å²) < 4.78 is 4.47. The molecule has 0 fully saturated rings. The van der Waals surface area contributed by atoms with Crippen LogP contribution in [0.15, 0.2) is 91.0 Å². The van der Waals surface area contributed by atoms with Crippen LogP contribution in [0.5, 0.6) is 0 Å². The summed E-state index contributed by atoms with van der Waals surface area (Å²) in [5, 5.41) is 0. The van der Waals surface area contributed by atoms with E-state index in [1.165, 1.54) is 45.0 Å². The predicted molar refractivity (Wildman–Crippen MR) is 146 cm³/mol. The van der Waals surface area contributed by atoms with Gasteiger partial charge in [0.2, 0.25) is 0 Å². The van der Waals surface area contributed by atoms with Gasteiger partial charge < -0.3 is 9.13 Å². The maximum atomic E-state index is 5.16. The van der Waals surface area contributed by atoms with Gasteiger partial charge in [-0.05, 0) is 99.4 Å². The largest absolute Gasteiger partial charge is 0.303 e. The summed E-state index contributed by atoms with van der Waals surface area (Å²) in [6, 6.07) is 32.3. The first-order valence-corrected chi connectivity index (χ1v) is 12.1. The fraction of sp³-hybridized carbons (Fsp3) is 0.156. The molecule has 0 atom stereocenters. The fourth-order valence-electron chi connectivity index (χ4n) is 4.81. The highest BCUT2D eigenvalue weighted by atomic mass is 15.1. The third-order valence-electron chi connectivity index (χ3n) is 6.55. The first-order valence-electron chi connectivity index (χ1n) is 12.1. The van der Waals surface area contributed by atoms with Crippen LogP contribution in [0.3, 0.4) is 0 Å². The van der Waals surface area contributed by atoms with E-state index in [0.29, 0.717) is 0 Å². The van der Waals surface area contributed by atoms with Crippen molar-refractivity contribution in [2.45, 2.75) is 34.6 Å². The van der Waals surface area contributed by atoms with Gasteiger partial charge in [-0.3, -0.25) is 0 Å². The van der Waals surface area contributed by atoms with E-state index >= 15 is 0 Å². The van der Waals surface area contributed by atoms with Gasteiger partial charge in [0.25, 0.3) is 0 Å². The molecule has 0 unspecified atom stereocenters. The van der Waals surface area contributed by atoms with Crippen LogP contribution in [0.1, 0.15) is 45.0 Å². The Morgan fingerprint density at radius 1 is 0.571 bits per heavy atom. The van der Waals surface area contributed by atoms with Gasteiger partial charge in [0.05, 0.1) is 0 Å². The first kappa shape index (κ1) is 22.7. The van der Waals surface area contributed by atoms with Crippen molar-refractivity contribution in [1.82, 2.24) is 14.1 Å². The van der Waals surface area contributed by atoms with E-state index in [1.807, 2.05) is 0 Å². The molecule has 5 aromatic rings. The molecule has 3 heteroatoms. The molecule has 0 spiro atoms. The lowest BCUT2D eigenvalue weighted by Gasteiger charge is -2.18. The Labute approximate surface area is 208 Å². The molecule has 5 rings (SSSR count). The monoisotopic (exact) mass is 457 g/mol. The number of benzene rings is 2. The fourth-order valence-corrected chi connectivity index (χ4v) is 4.81. The molecule has 0 N–H and O–H groups in total. The van der Waals surface area contributed by atoms with Crippen LogP contribution >= 0.6 is 0 Å². The normalized spacial score (nSPS) is 11.7. The summed E-state index contributed by atoms with van der Waals surface area (Å²) in [4.78, 5) is 5.16. The van der Waals surface area contributed by atoms with Crippen molar-refractivity contribution in [3.63, 3.8) is 0 Å². The summed E-state index contributed by atoms with van der Waals surface area (Å²) >= 11 is 0. The zero-order chi connectivity index (χ0) is 24.5. The summed E-state index contributed by atoms with van der Waals surface area (Å²) in [6.07, 6.45) is 2.28. The third-order valence-corrected chi connectivity index (χ3v) is 6.55. The molecule has 0 saturated heterocycles. The van der Waals surface area contributed by atoms with E-state index < -0.39 is 0 Å². The number of nitrogens with zero attached hydrogens (tertiary/aromatic N) is 3. The van der Waals surface area contributed by atoms with Crippen LogP contribution in [0.4, 0.5) is 0 Å². The van der Waals surface area contributed by atoms with Crippen LogP contribution in [0, 0.1) is 34.6 Å². The van der Waals surface area contributed by atoms with Gasteiger partial charge in [0.1, 0.15) is 11.6 Å². The Morgan fingerprint density at radius 2 is 1.11 bits per heavy atom. The molecule has 0 aliphatic carbocycles. The van der Waals surface area contributed by atoms with Gasteiger partial charge in [0.15, 0.2) is 0 Å². The van der Waals surface area contributed by atoms with Crippen LogP contribution in [0.25, 0.3) is 23.3 Å². The van der Waals surface area contributed by atoms with Crippen LogP contribution in [0.2, 0.25) is 0 Å². The summed E-state index contributed by atoms with van der Waals surface area (Å²) in [5.41, 5.74) is 10.6. The van der Waals surface area contributed by atoms with Gasteiger partial charge in [-0.15, -0.1) is 0 Å². The highest BCUT2D eigenvalue weighted by Gasteiger charge is 2.15. The van der Waals surface area contributed by atoms with Gasteiger partial charge in [-0.2, -0.15) is 0 Å². The standard InChI is InChI=1S/C32H31N3/c1-22-10-9-13-28(18-22)30(19-27-11-7-6-8-12-27)29-20-31(34-23(2)14-15-24(34)3)33-32(21-29)35-25(4)16-17-26(35)5/h6-21H,1-5H3. The predicted octanol–water partition coefficient (Wildman–Crippen LogP) is 7.79. The summed E-state index contributed by atoms with van der Waals surface area (Å²) in [6.45, 7) is 10.7. The average molecular weight is 458 g/mol. The minimum Gasteiger partial charge on any atom is -0.303 e. The Kier molecular flexibility index (Phi) is 6.00. The van der Waals surface area contributed by atoms with Gasteiger partial charge in [0, 0.05) is 22.8 Å². The first-order chi connectivity index (χ1) is 16.9. The van der Waals surface area contributed by atoms with E-state index in [9.17, 15) is 0 Å². The molecular weight excluding hydrogens is 426 g/mol. The lowest BCUT2D eigenvalue weighted by Crippen LogP contribution is -2.09. The number of pyridine rings is 1. The van der Waals surface area contributed by atoms with Gasteiger partial charge in [-0.1, -0.05) is 60.2 Å². The minimum atomic E-state index is 0.927. The van der Waals surface area contributed by atoms with Crippen molar-refractivity contribution < 1.29 is 0 Å². The molecule has 0 aliphatic heterocycles. The molecule has 3 heterocycles. The second kappa shape index (κ2) is 9.27. The van der Waals surface area contributed by atoms with Crippen molar-refractivity contribution in [1.29, 1.82) is 0 Å². The van der Waals surface area contributed by atoms with Crippen molar-refractivity contribution in [3.8, 4) is 11.6 Å². The van der Waals surface area contributed by atoms with Crippen LogP contribution < -0.4 is 0 Å². The lowest BCUT2D eigenvalue weighted by atomic mass is 9.95. The molecular formula is C32H31N3. The summed E-state index contributed by atoms with van der Waals surface area (Å²) in [5.74, 6) is 1.85. The molecule has 0 radical (unpaired) electrons. The van der Waals surface area contributed by atoms with Gasteiger partial charge >= 0.3 is 0 Å². The number of hydrogen-bond donors (Lipinski definition) is 0. The van der Waals surface area contributed by atoms with Crippen molar-refractivity contribution >= 4 is 11.6 Å². The summed E-state index contributed by atoms with van der Waals surface area (Å²) in [7, 11) is 0.